The second-order valence-corrected chi connectivity index (χ2v) is 2.35. The van der Waals surface area contributed by atoms with Crippen molar-refractivity contribution < 1.29 is 4.39 Å². The van der Waals surface area contributed by atoms with Crippen LogP contribution >= 0.6 is 15.9 Å². The van der Waals surface area contributed by atoms with E-state index in [4.69, 9.17) is 0 Å². The van der Waals surface area contributed by atoms with Crippen LogP contribution in [0.2, 0.25) is 0 Å². The minimum atomic E-state index is -0.746. The molecule has 1 N–H and O–H groups in total. The molecule has 0 spiro atoms. The molecule has 0 unspecified atom stereocenters. The van der Waals surface area contributed by atoms with E-state index >= 15 is 0 Å². The molecule has 0 aliphatic heterocycles. The van der Waals surface area contributed by atoms with Gasteiger partial charge in [-0.2, -0.15) is 0 Å². The molecule has 1 rings (SSSR count). The van der Waals surface area contributed by atoms with Gasteiger partial charge in [0.05, 0.1) is 0 Å². The quantitative estimate of drug-likeness (QED) is 0.692. The first kappa shape index (κ1) is 7.47. The van der Waals surface area contributed by atoms with Gasteiger partial charge in [0.25, 0.3) is 5.56 Å². The number of hydrogen-bond donors (Lipinski definition) is 1. The summed E-state index contributed by atoms with van der Waals surface area (Å²) in [6.45, 7) is 0. The van der Waals surface area contributed by atoms with E-state index in [-0.39, 0.29) is 0 Å². The Morgan fingerprint density at radius 3 is 2.80 bits per heavy atom. The number of H-pyrrole nitrogens is 1. The van der Waals surface area contributed by atoms with Crippen molar-refractivity contribution in [3.05, 3.63) is 34.0 Å². The summed E-state index contributed by atoms with van der Waals surface area (Å²) >= 11 is 3.12. The van der Waals surface area contributed by atoms with Crippen LogP contribution in [0.25, 0.3) is 0 Å². The Bertz CT molecular complexity index is 283. The maximum Gasteiger partial charge on any atom is 0.284 e. The highest BCUT2D eigenvalue weighted by molar-refractivity contribution is 9.08. The van der Waals surface area contributed by atoms with Crippen molar-refractivity contribution in [1.82, 2.24) is 4.98 Å². The summed E-state index contributed by atoms with van der Waals surface area (Å²) in [5.41, 5.74) is 0.00310. The predicted molar refractivity (Wildman–Crippen MR) is 39.7 cm³/mol. The second-order valence-electron chi connectivity index (χ2n) is 1.79. The van der Waals surface area contributed by atoms with Gasteiger partial charge in [0.1, 0.15) is 0 Å². The Hall–Kier alpha value is -0.640. The van der Waals surface area contributed by atoms with Gasteiger partial charge < -0.3 is 4.98 Å². The van der Waals surface area contributed by atoms with Gasteiger partial charge in [-0.05, 0) is 12.1 Å². The van der Waals surface area contributed by atoms with Gasteiger partial charge in [0, 0.05) is 11.0 Å². The topological polar surface area (TPSA) is 32.9 Å². The fourth-order valence-electron chi connectivity index (χ4n) is 0.575. The van der Waals surface area contributed by atoms with E-state index in [1.807, 2.05) is 0 Å². The summed E-state index contributed by atoms with van der Waals surface area (Å²) in [4.78, 5) is 12.9. The number of hydrogen-bond acceptors (Lipinski definition) is 1. The summed E-state index contributed by atoms with van der Waals surface area (Å²) in [6.07, 6.45) is 0. The lowest BCUT2D eigenvalue weighted by Gasteiger charge is -1.92. The molecule has 0 bridgehead atoms. The van der Waals surface area contributed by atoms with Crippen molar-refractivity contribution in [2.24, 2.45) is 0 Å². The lowest BCUT2D eigenvalue weighted by molar-refractivity contribution is 0.607. The molecule has 0 amide bonds. The molecule has 0 fully saturated rings. The zero-order chi connectivity index (χ0) is 7.56. The lowest BCUT2D eigenvalue weighted by atomic mass is 10.4. The molecule has 1 aromatic heterocycles. The van der Waals surface area contributed by atoms with Crippen LogP contribution in [0, 0.1) is 5.82 Å². The minimum Gasteiger partial charge on any atom is -0.323 e. The molecule has 2 nitrogen and oxygen atoms in total. The summed E-state index contributed by atoms with van der Waals surface area (Å²) in [5, 5.41) is 0.530. The highest BCUT2D eigenvalue weighted by atomic mass is 79.9. The van der Waals surface area contributed by atoms with Crippen molar-refractivity contribution in [2.75, 3.05) is 0 Å². The zero-order valence-electron chi connectivity index (χ0n) is 5.03. The van der Waals surface area contributed by atoms with Crippen molar-refractivity contribution in [2.45, 2.75) is 5.33 Å². The number of nitrogens with one attached hydrogen (secondary N) is 1. The smallest absolute Gasteiger partial charge is 0.284 e. The van der Waals surface area contributed by atoms with Crippen molar-refractivity contribution in [3.8, 4) is 0 Å². The Kier molecular flexibility index (Phi) is 2.21. The normalized spacial score (nSPS) is 9.80. The van der Waals surface area contributed by atoms with Crippen molar-refractivity contribution in [3.63, 3.8) is 0 Å². The molecular formula is C6H5BrFNO. The fraction of sp³-hybridized carbons (Fsp3) is 0.167. The number of halogens is 2. The van der Waals surface area contributed by atoms with E-state index in [9.17, 15) is 9.18 Å². The van der Waals surface area contributed by atoms with Gasteiger partial charge >= 0.3 is 0 Å². The highest BCUT2D eigenvalue weighted by Crippen LogP contribution is 1.98. The van der Waals surface area contributed by atoms with Gasteiger partial charge in [0.2, 0.25) is 0 Å². The van der Waals surface area contributed by atoms with Crippen LogP contribution in [0.3, 0.4) is 0 Å². The third-order valence-electron chi connectivity index (χ3n) is 1.07. The summed E-state index contributed by atoms with van der Waals surface area (Å²) in [7, 11) is 0. The number of pyridine rings is 1. The van der Waals surface area contributed by atoms with Crippen LogP contribution in [0.4, 0.5) is 4.39 Å². The van der Waals surface area contributed by atoms with E-state index in [2.05, 4.69) is 20.9 Å². The van der Waals surface area contributed by atoms with Crippen LogP contribution in [-0.4, -0.2) is 4.98 Å². The van der Waals surface area contributed by atoms with Gasteiger partial charge in [-0.3, -0.25) is 4.79 Å². The van der Waals surface area contributed by atoms with Crippen LogP contribution in [0.15, 0.2) is 16.9 Å². The molecule has 0 atom stereocenters. The Morgan fingerprint density at radius 1 is 1.60 bits per heavy atom. The average Bonchev–Trinajstić information content (AvgIpc) is 1.95. The van der Waals surface area contributed by atoms with E-state index < -0.39 is 11.4 Å². The lowest BCUT2D eigenvalue weighted by Crippen LogP contribution is -2.11. The van der Waals surface area contributed by atoms with E-state index in [1.54, 1.807) is 0 Å². The van der Waals surface area contributed by atoms with Crippen LogP contribution in [0.1, 0.15) is 5.69 Å². The van der Waals surface area contributed by atoms with Gasteiger partial charge in [0.15, 0.2) is 5.82 Å². The van der Waals surface area contributed by atoms with Crippen molar-refractivity contribution >= 4 is 15.9 Å². The molecule has 0 saturated carbocycles. The van der Waals surface area contributed by atoms with E-state index in [0.29, 0.717) is 11.0 Å². The first-order chi connectivity index (χ1) is 4.74. The maximum absolute atomic E-state index is 12.3. The molecule has 0 aliphatic carbocycles. The van der Waals surface area contributed by atoms with Crippen LogP contribution in [0.5, 0.6) is 0 Å². The maximum atomic E-state index is 12.3. The molecule has 4 heteroatoms. The molecule has 0 saturated heterocycles. The molecule has 0 aromatic carbocycles. The number of aromatic nitrogens is 1. The SMILES string of the molecule is O=c1[nH]c(CBr)ccc1F. The average molecular weight is 206 g/mol. The van der Waals surface area contributed by atoms with Gasteiger partial charge in [-0.1, -0.05) is 15.9 Å². The summed E-state index contributed by atoms with van der Waals surface area (Å²) in [5.74, 6) is -0.746. The third-order valence-corrected chi connectivity index (χ3v) is 1.67. The molecule has 0 aliphatic rings. The molecule has 1 heterocycles. The molecule has 0 radical (unpaired) electrons. The van der Waals surface area contributed by atoms with E-state index in [0.717, 1.165) is 6.07 Å². The minimum absolute atomic E-state index is 0.530. The summed E-state index contributed by atoms with van der Waals surface area (Å²) < 4.78 is 12.3. The largest absolute Gasteiger partial charge is 0.323 e. The first-order valence-corrected chi connectivity index (χ1v) is 3.80. The molecular weight excluding hydrogens is 201 g/mol. The predicted octanol–water partition coefficient (Wildman–Crippen LogP) is 1.41. The highest BCUT2D eigenvalue weighted by Gasteiger charge is 1.96. The third kappa shape index (κ3) is 1.44. The zero-order valence-corrected chi connectivity index (χ0v) is 6.61. The fourth-order valence-corrected chi connectivity index (χ4v) is 0.902. The van der Waals surface area contributed by atoms with E-state index in [1.165, 1.54) is 6.07 Å². The summed E-state index contributed by atoms with van der Waals surface area (Å²) in [6, 6.07) is 2.67. The molecule has 10 heavy (non-hydrogen) atoms. The molecule has 1 aromatic rings. The monoisotopic (exact) mass is 205 g/mol. The number of aromatic amines is 1. The first-order valence-electron chi connectivity index (χ1n) is 2.67. The Labute approximate surface area is 65.2 Å². The molecule has 54 valence electrons. The second kappa shape index (κ2) is 2.96. The Morgan fingerprint density at radius 2 is 2.30 bits per heavy atom. The number of alkyl halides is 1. The number of rotatable bonds is 1. The van der Waals surface area contributed by atoms with Crippen LogP contribution < -0.4 is 5.56 Å². The standard InChI is InChI=1S/C6H5BrFNO/c7-3-4-1-2-5(8)6(10)9-4/h1-2H,3H2,(H,9,10). The van der Waals surface area contributed by atoms with Crippen molar-refractivity contribution in [1.29, 1.82) is 0 Å². The van der Waals surface area contributed by atoms with Gasteiger partial charge in [-0.15, -0.1) is 0 Å². The van der Waals surface area contributed by atoms with Gasteiger partial charge in [-0.25, -0.2) is 4.39 Å². The Balaban J connectivity index is 3.17. The van der Waals surface area contributed by atoms with Crippen LogP contribution in [-0.2, 0) is 5.33 Å².